The van der Waals surface area contributed by atoms with E-state index in [1.807, 2.05) is 24.3 Å². The molecule has 0 saturated carbocycles. The van der Waals surface area contributed by atoms with Crippen LogP contribution in [0.2, 0.25) is 0 Å². The summed E-state index contributed by atoms with van der Waals surface area (Å²) in [5.74, 6) is 0.0214. The van der Waals surface area contributed by atoms with E-state index in [1.54, 1.807) is 24.3 Å². The van der Waals surface area contributed by atoms with Crippen LogP contribution in [0, 0.1) is 0 Å². The van der Waals surface area contributed by atoms with E-state index in [4.69, 9.17) is 11.5 Å². The van der Waals surface area contributed by atoms with Gasteiger partial charge in [0.2, 0.25) is 0 Å². The molecule has 5 rings (SSSR count). The smallest absolute Gasteiger partial charge is 0.138 e. The Morgan fingerprint density at radius 2 is 1.00 bits per heavy atom. The van der Waals surface area contributed by atoms with Crippen LogP contribution in [-0.4, -0.2) is 10.2 Å². The van der Waals surface area contributed by atoms with E-state index >= 15 is 0 Å². The predicted octanol–water partition coefficient (Wildman–Crippen LogP) is 6.15. The second-order valence-corrected chi connectivity index (χ2v) is 9.51. The quantitative estimate of drug-likeness (QED) is 0.160. The van der Waals surface area contributed by atoms with Crippen molar-refractivity contribution < 1.29 is 10.2 Å². The Morgan fingerprint density at radius 3 is 1.39 bits per heavy atom. The number of nitrogen functional groups attached to an aromatic ring is 2. The van der Waals surface area contributed by atoms with Crippen molar-refractivity contribution in [2.24, 2.45) is 0 Å². The molecule has 0 fully saturated rings. The fraction of sp³-hybridized carbons (Fsp3) is 0.0400. The largest absolute Gasteiger partial charge is 0.506 e. The number of hydrogen-bond acceptors (Lipinski definition) is 4. The van der Waals surface area contributed by atoms with Crippen molar-refractivity contribution in [3.05, 3.63) is 104 Å². The molecule has 6 heteroatoms. The van der Waals surface area contributed by atoms with Gasteiger partial charge in [-0.25, -0.2) is 0 Å². The van der Waals surface area contributed by atoms with E-state index in [2.05, 4.69) is 56.1 Å². The van der Waals surface area contributed by atoms with Gasteiger partial charge in [0, 0.05) is 8.95 Å². The van der Waals surface area contributed by atoms with Crippen molar-refractivity contribution >= 4 is 43.2 Å². The molecular formula is C25H18Br2N2O2. The third kappa shape index (κ3) is 2.86. The third-order valence-electron chi connectivity index (χ3n) is 5.99. The summed E-state index contributed by atoms with van der Waals surface area (Å²) in [6.07, 6.45) is 0. The average Bonchev–Trinajstić information content (AvgIpc) is 3.01. The van der Waals surface area contributed by atoms with Gasteiger partial charge in [-0.2, -0.15) is 0 Å². The Bertz CT molecular complexity index is 1260. The van der Waals surface area contributed by atoms with Gasteiger partial charge >= 0.3 is 0 Å². The highest BCUT2D eigenvalue weighted by Crippen LogP contribution is 2.58. The summed E-state index contributed by atoms with van der Waals surface area (Å²) in [5.41, 5.74) is 17.6. The first-order valence-electron chi connectivity index (χ1n) is 9.60. The van der Waals surface area contributed by atoms with Crippen molar-refractivity contribution in [1.29, 1.82) is 0 Å². The van der Waals surface area contributed by atoms with Crippen molar-refractivity contribution in [2.75, 3.05) is 11.5 Å². The van der Waals surface area contributed by atoms with Crippen LogP contribution in [0.4, 0.5) is 11.4 Å². The van der Waals surface area contributed by atoms with Crippen LogP contribution < -0.4 is 11.5 Å². The Hall–Kier alpha value is -2.96. The average molecular weight is 538 g/mol. The summed E-state index contributed by atoms with van der Waals surface area (Å²) >= 11 is 7.25. The van der Waals surface area contributed by atoms with Gasteiger partial charge in [0.15, 0.2) is 0 Å². The lowest BCUT2D eigenvalue weighted by Crippen LogP contribution is -2.28. The van der Waals surface area contributed by atoms with Gasteiger partial charge in [-0.1, -0.05) is 56.1 Å². The van der Waals surface area contributed by atoms with Gasteiger partial charge in [0.05, 0.1) is 16.8 Å². The van der Waals surface area contributed by atoms with E-state index in [0.717, 1.165) is 42.3 Å². The number of nitrogens with two attached hydrogens (primary N) is 2. The molecule has 0 unspecified atom stereocenters. The van der Waals surface area contributed by atoms with Crippen LogP contribution in [-0.2, 0) is 5.41 Å². The SMILES string of the molecule is Nc1ccc(C2(c3ccc(N)c(O)c3)c3cc(Br)ccc3-c3ccc(Br)cc32)cc1O. The first kappa shape index (κ1) is 20.0. The van der Waals surface area contributed by atoms with Crippen molar-refractivity contribution in [2.45, 2.75) is 5.41 Å². The van der Waals surface area contributed by atoms with Crippen molar-refractivity contribution in [3.63, 3.8) is 0 Å². The molecule has 4 nitrogen and oxygen atoms in total. The highest BCUT2D eigenvalue weighted by Gasteiger charge is 2.47. The molecular weight excluding hydrogens is 520 g/mol. The molecule has 0 amide bonds. The zero-order chi connectivity index (χ0) is 21.9. The predicted molar refractivity (Wildman–Crippen MR) is 131 cm³/mol. The third-order valence-corrected chi connectivity index (χ3v) is 6.97. The summed E-state index contributed by atoms with van der Waals surface area (Å²) in [6, 6.07) is 23.0. The standard InChI is InChI=1S/C25H18Br2N2O2/c26-15-3-5-17-18-6-4-16(27)12-20(18)25(19(17)11-15,13-1-7-21(28)23(30)9-13)14-2-8-22(29)24(31)10-14/h1-12,30-31H,28-29H2. The Balaban J connectivity index is 2.00. The summed E-state index contributed by atoms with van der Waals surface area (Å²) in [6.45, 7) is 0. The lowest BCUT2D eigenvalue weighted by molar-refractivity contribution is 0.475. The fourth-order valence-corrected chi connectivity index (χ4v) is 5.33. The van der Waals surface area contributed by atoms with Gasteiger partial charge in [-0.3, -0.25) is 0 Å². The minimum atomic E-state index is -0.797. The topological polar surface area (TPSA) is 92.5 Å². The first-order valence-corrected chi connectivity index (χ1v) is 11.2. The number of fused-ring (bicyclic) bond motifs is 3. The maximum Gasteiger partial charge on any atom is 0.138 e. The summed E-state index contributed by atoms with van der Waals surface area (Å²) in [4.78, 5) is 0. The molecule has 31 heavy (non-hydrogen) atoms. The first-order chi connectivity index (χ1) is 14.8. The molecule has 154 valence electrons. The molecule has 1 aliphatic carbocycles. The van der Waals surface area contributed by atoms with Gasteiger partial charge < -0.3 is 21.7 Å². The van der Waals surface area contributed by atoms with Crippen LogP contribution >= 0.6 is 31.9 Å². The monoisotopic (exact) mass is 536 g/mol. The highest BCUT2D eigenvalue weighted by atomic mass is 79.9. The van der Waals surface area contributed by atoms with E-state index in [9.17, 15) is 10.2 Å². The van der Waals surface area contributed by atoms with Crippen LogP contribution in [0.25, 0.3) is 11.1 Å². The van der Waals surface area contributed by atoms with E-state index in [0.29, 0.717) is 11.4 Å². The Kier molecular flexibility index (Phi) is 4.53. The molecule has 4 aromatic carbocycles. The molecule has 0 radical (unpaired) electrons. The van der Waals surface area contributed by atoms with Crippen LogP contribution in [0.15, 0.2) is 81.7 Å². The van der Waals surface area contributed by atoms with Gasteiger partial charge in [0.25, 0.3) is 0 Å². The number of hydrogen-bond donors (Lipinski definition) is 4. The lowest BCUT2D eigenvalue weighted by atomic mass is 9.67. The van der Waals surface area contributed by atoms with Crippen molar-refractivity contribution in [1.82, 2.24) is 0 Å². The molecule has 0 bridgehead atoms. The molecule has 0 spiro atoms. The molecule has 0 saturated heterocycles. The van der Waals surface area contributed by atoms with Gasteiger partial charge in [0.1, 0.15) is 11.5 Å². The van der Waals surface area contributed by atoms with Crippen LogP contribution in [0.5, 0.6) is 11.5 Å². The fourth-order valence-electron chi connectivity index (χ4n) is 4.61. The number of phenols is 2. The highest BCUT2D eigenvalue weighted by molar-refractivity contribution is 9.10. The lowest BCUT2D eigenvalue weighted by Gasteiger charge is -2.34. The molecule has 0 aliphatic heterocycles. The number of rotatable bonds is 2. The Morgan fingerprint density at radius 1 is 0.581 bits per heavy atom. The summed E-state index contributed by atoms with van der Waals surface area (Å²) < 4.78 is 1.86. The molecule has 0 atom stereocenters. The number of phenolic OH excluding ortho intramolecular Hbond substituents is 2. The molecule has 1 aliphatic rings. The summed E-state index contributed by atoms with van der Waals surface area (Å²) in [7, 11) is 0. The molecule has 0 aromatic heterocycles. The normalized spacial score (nSPS) is 13.6. The van der Waals surface area contributed by atoms with Gasteiger partial charge in [-0.05, 0) is 81.9 Å². The zero-order valence-corrected chi connectivity index (χ0v) is 19.4. The van der Waals surface area contributed by atoms with E-state index < -0.39 is 5.41 Å². The van der Waals surface area contributed by atoms with Gasteiger partial charge in [-0.15, -0.1) is 0 Å². The molecule has 6 N–H and O–H groups in total. The number of aromatic hydroxyl groups is 2. The molecule has 4 aromatic rings. The maximum absolute atomic E-state index is 10.5. The van der Waals surface area contributed by atoms with Crippen LogP contribution in [0.1, 0.15) is 22.3 Å². The van der Waals surface area contributed by atoms with E-state index in [1.165, 1.54) is 0 Å². The van der Waals surface area contributed by atoms with E-state index in [-0.39, 0.29) is 11.5 Å². The Labute approximate surface area is 196 Å². The minimum absolute atomic E-state index is 0.0107. The minimum Gasteiger partial charge on any atom is -0.506 e. The number of anilines is 2. The van der Waals surface area contributed by atoms with Crippen molar-refractivity contribution in [3.8, 4) is 22.6 Å². The maximum atomic E-state index is 10.5. The van der Waals surface area contributed by atoms with Crippen LogP contribution in [0.3, 0.4) is 0 Å². The second-order valence-electron chi connectivity index (χ2n) is 7.68. The number of halogens is 2. The summed E-state index contributed by atoms with van der Waals surface area (Å²) in [5, 5.41) is 21.0. The zero-order valence-electron chi connectivity index (χ0n) is 16.2. The second kappa shape index (κ2) is 7.04. The molecule has 0 heterocycles. The number of benzene rings is 4.